The van der Waals surface area contributed by atoms with Crippen LogP contribution in [-0.4, -0.2) is 58.8 Å². The predicted molar refractivity (Wildman–Crippen MR) is 119 cm³/mol. The molecule has 1 aliphatic heterocycles. The number of aromatic nitrogens is 3. The second-order valence-corrected chi connectivity index (χ2v) is 11.8. The lowest BCUT2D eigenvalue weighted by Gasteiger charge is -2.23. The Morgan fingerprint density at radius 1 is 1.30 bits per heavy atom. The molecule has 6 N–H and O–H groups in total. The number of hydrogen-bond acceptors (Lipinski definition) is 12. The number of anilines is 1. The number of nitrogens with zero attached hydrogens (tertiary/aromatic N) is 7. The van der Waals surface area contributed by atoms with Crippen LogP contribution in [0.15, 0.2) is 23.7 Å². The minimum atomic E-state index is -5.74. The first-order valence-corrected chi connectivity index (χ1v) is 14.2. The van der Waals surface area contributed by atoms with Gasteiger partial charge in [-0.25, -0.2) is 30.2 Å². The molecule has 0 aromatic carbocycles. The second kappa shape index (κ2) is 10.7. The lowest BCUT2D eigenvalue weighted by atomic mass is 10.2. The molecule has 6 atom stereocenters. The molecule has 2 aromatic heterocycles. The summed E-state index contributed by atoms with van der Waals surface area (Å²) in [7, 11) is -16.8. The molecule has 2 aromatic rings. The summed E-state index contributed by atoms with van der Waals surface area (Å²) in [5.74, 6) is -1.86. The first kappa shape index (κ1) is 29.1. The average Bonchev–Trinajstić information content (AvgIpc) is 3.34. The lowest BCUT2D eigenvalue weighted by Crippen LogP contribution is -2.35. The summed E-state index contributed by atoms with van der Waals surface area (Å²) < 4.78 is 59.5. The van der Waals surface area contributed by atoms with Gasteiger partial charge in [0.2, 0.25) is 0 Å². The van der Waals surface area contributed by atoms with Crippen LogP contribution in [0.1, 0.15) is 19.6 Å². The van der Waals surface area contributed by atoms with Crippen molar-refractivity contribution in [2.75, 3.05) is 12.3 Å². The van der Waals surface area contributed by atoms with Crippen LogP contribution in [0.4, 0.5) is 5.82 Å². The molecule has 37 heavy (non-hydrogen) atoms. The zero-order valence-corrected chi connectivity index (χ0v) is 21.2. The summed E-state index contributed by atoms with van der Waals surface area (Å²) in [5, 5.41) is 3.77. The third kappa shape index (κ3) is 7.54. The molecule has 20 nitrogen and oxygen atoms in total. The van der Waals surface area contributed by atoms with Gasteiger partial charge in [0.05, 0.1) is 18.1 Å². The molecule has 23 heteroatoms. The van der Waals surface area contributed by atoms with E-state index in [1.54, 1.807) is 12.3 Å². The average molecular weight is 584 g/mol. The lowest BCUT2D eigenvalue weighted by molar-refractivity contribution is -0.0985. The molecule has 1 saturated heterocycles. The van der Waals surface area contributed by atoms with Gasteiger partial charge in [-0.1, -0.05) is 0 Å². The van der Waals surface area contributed by atoms with E-state index in [0.29, 0.717) is 11.0 Å². The number of ether oxygens (including phenoxy) is 2. The van der Waals surface area contributed by atoms with Gasteiger partial charge >= 0.3 is 29.3 Å². The quantitative estimate of drug-likeness (QED) is 0.0829. The van der Waals surface area contributed by atoms with Crippen molar-refractivity contribution in [3.63, 3.8) is 0 Å². The molecule has 0 spiro atoms. The fraction of sp³-hybridized carbons (Fsp3) is 0.500. The van der Waals surface area contributed by atoms with Gasteiger partial charge in [-0.3, -0.25) is 14.1 Å². The van der Waals surface area contributed by atoms with Crippen LogP contribution in [0.25, 0.3) is 26.3 Å². The highest BCUT2D eigenvalue weighted by Gasteiger charge is 2.46. The normalized spacial score (nSPS) is 24.9. The SMILES string of the molecule is [C-]#[N+]C(C)(N=[N+]=[N-])OC1C[C@H](n2ccc3c(N)ncnc32)O[C@@H]1COP(=O)(O)OP(=O)(O)OP(=O)(O)O. The van der Waals surface area contributed by atoms with Gasteiger partial charge in [-0.15, -0.1) is 0 Å². The molecule has 3 heterocycles. The van der Waals surface area contributed by atoms with E-state index in [-0.39, 0.29) is 12.2 Å². The van der Waals surface area contributed by atoms with Crippen molar-refractivity contribution in [2.24, 2.45) is 5.11 Å². The van der Waals surface area contributed by atoms with Crippen LogP contribution in [0.5, 0.6) is 0 Å². The zero-order chi connectivity index (χ0) is 27.6. The van der Waals surface area contributed by atoms with Gasteiger partial charge in [0.1, 0.15) is 30.1 Å². The maximum absolute atomic E-state index is 12.1. The monoisotopic (exact) mass is 584 g/mol. The Hall–Kier alpha value is -2.45. The maximum atomic E-state index is 12.1. The third-order valence-corrected chi connectivity index (χ3v) is 8.46. The van der Waals surface area contributed by atoms with Gasteiger partial charge in [0, 0.05) is 29.6 Å². The molecule has 0 aliphatic carbocycles. The molecular weight excluding hydrogens is 565 g/mol. The summed E-state index contributed by atoms with van der Waals surface area (Å²) in [6, 6.07) is 1.60. The van der Waals surface area contributed by atoms with E-state index in [2.05, 4.69) is 38.0 Å². The first-order valence-electron chi connectivity index (χ1n) is 9.70. The topological polar surface area (TPSA) is 288 Å². The number of phosphoric ester groups is 1. The van der Waals surface area contributed by atoms with E-state index in [9.17, 15) is 23.5 Å². The van der Waals surface area contributed by atoms with E-state index in [0.717, 1.165) is 6.92 Å². The molecule has 4 unspecified atom stereocenters. The Bertz CT molecular complexity index is 1400. The Labute approximate surface area is 206 Å². The number of nitrogen functional groups attached to an aromatic ring is 1. The Balaban J connectivity index is 1.83. The number of fused-ring (bicyclic) bond motifs is 1. The van der Waals surface area contributed by atoms with E-state index in [1.807, 2.05) is 0 Å². The largest absolute Gasteiger partial charge is 0.490 e. The molecule has 1 fully saturated rings. The molecule has 3 rings (SSSR count). The fourth-order valence-corrected chi connectivity index (χ4v) is 6.31. The van der Waals surface area contributed by atoms with E-state index in [1.165, 1.54) is 10.9 Å². The van der Waals surface area contributed by atoms with Crippen molar-refractivity contribution in [3.8, 4) is 0 Å². The van der Waals surface area contributed by atoms with Crippen molar-refractivity contribution in [2.45, 2.75) is 37.6 Å². The minimum Gasteiger partial charge on any atom is -0.383 e. The van der Waals surface area contributed by atoms with Crippen molar-refractivity contribution in [1.82, 2.24) is 14.5 Å². The molecule has 0 amide bonds. The first-order chi connectivity index (χ1) is 17.1. The van der Waals surface area contributed by atoms with Crippen LogP contribution in [0.3, 0.4) is 0 Å². The Kier molecular flexibility index (Phi) is 8.44. The number of rotatable bonds is 11. The molecule has 0 saturated carbocycles. The van der Waals surface area contributed by atoms with Crippen molar-refractivity contribution < 1.29 is 55.9 Å². The van der Waals surface area contributed by atoms with Gasteiger partial charge < -0.3 is 34.6 Å². The van der Waals surface area contributed by atoms with Gasteiger partial charge in [-0.2, -0.15) is 8.62 Å². The van der Waals surface area contributed by atoms with E-state index in [4.69, 9.17) is 37.1 Å². The highest BCUT2D eigenvalue weighted by atomic mass is 31.3. The van der Waals surface area contributed by atoms with Crippen LogP contribution < -0.4 is 5.73 Å². The standard InChI is InChI=1S/C14H19N8O12P3/c1-14(17-2,20-21-16)32-9-5-11(22-4-3-8-12(15)18-7-19-13(8)22)31-10(9)6-30-36(26,27)34-37(28,29)33-35(23,24)25/h3-4,7,9-11H,5-6H2,1H3,(H,26,27)(H,28,29)(H2,15,18,19)(H2,23,24,25)/t9?,10-,11-,14?/m1/s1. The molecule has 0 bridgehead atoms. The van der Waals surface area contributed by atoms with E-state index < -0.39 is 54.4 Å². The Morgan fingerprint density at radius 3 is 2.62 bits per heavy atom. The number of phosphoric acid groups is 3. The van der Waals surface area contributed by atoms with Crippen molar-refractivity contribution >= 4 is 40.3 Å². The minimum absolute atomic E-state index is 0.0375. The summed E-state index contributed by atoms with van der Waals surface area (Å²) in [4.78, 5) is 50.0. The summed E-state index contributed by atoms with van der Waals surface area (Å²) in [5.41, 5.74) is 15.0. The molecule has 202 valence electrons. The maximum Gasteiger partial charge on any atom is 0.490 e. The summed E-state index contributed by atoms with van der Waals surface area (Å²) in [6.07, 6.45) is -0.553. The van der Waals surface area contributed by atoms with Gasteiger partial charge in [0.15, 0.2) is 0 Å². The fourth-order valence-electron chi connectivity index (χ4n) is 3.28. The van der Waals surface area contributed by atoms with Gasteiger partial charge in [-0.05, 0) is 11.6 Å². The number of nitrogens with two attached hydrogens (primary N) is 1. The number of azide groups is 1. The van der Waals surface area contributed by atoms with Crippen LogP contribution in [-0.2, 0) is 36.3 Å². The summed E-state index contributed by atoms with van der Waals surface area (Å²) in [6.45, 7) is 7.56. The predicted octanol–water partition coefficient (Wildman–Crippen LogP) is 1.93. The molecule has 0 radical (unpaired) electrons. The van der Waals surface area contributed by atoms with Crippen LogP contribution in [0, 0.1) is 6.57 Å². The smallest absolute Gasteiger partial charge is 0.383 e. The summed E-state index contributed by atoms with van der Waals surface area (Å²) >= 11 is 0. The highest BCUT2D eigenvalue weighted by molar-refractivity contribution is 7.66. The van der Waals surface area contributed by atoms with Crippen molar-refractivity contribution in [3.05, 3.63) is 40.5 Å². The molecular formula is C14H19N8O12P3. The van der Waals surface area contributed by atoms with Crippen LogP contribution >= 0.6 is 23.5 Å². The second-order valence-electron chi connectivity index (χ2n) is 7.36. The number of hydrogen-bond donors (Lipinski definition) is 5. The molecule has 1 aliphatic rings. The van der Waals surface area contributed by atoms with Gasteiger partial charge in [0.25, 0.3) is 0 Å². The van der Waals surface area contributed by atoms with E-state index >= 15 is 0 Å². The van der Waals surface area contributed by atoms with Crippen LogP contribution in [0.2, 0.25) is 0 Å². The third-order valence-electron chi connectivity index (χ3n) is 4.66. The Morgan fingerprint density at radius 2 is 2.00 bits per heavy atom. The van der Waals surface area contributed by atoms with Crippen molar-refractivity contribution in [1.29, 1.82) is 0 Å². The highest BCUT2D eigenvalue weighted by Crippen LogP contribution is 2.66. The zero-order valence-electron chi connectivity index (χ0n) is 18.5.